The molecular formula is C23H24F3N5. The minimum atomic E-state index is -4.41. The summed E-state index contributed by atoms with van der Waals surface area (Å²) in [7, 11) is 0. The maximum absolute atomic E-state index is 13.2. The Labute approximate surface area is 179 Å². The van der Waals surface area contributed by atoms with Crippen LogP contribution >= 0.6 is 0 Å². The molecule has 0 atom stereocenters. The predicted octanol–water partition coefficient (Wildman–Crippen LogP) is 6.35. The van der Waals surface area contributed by atoms with Crippen molar-refractivity contribution < 1.29 is 13.2 Å². The summed E-state index contributed by atoms with van der Waals surface area (Å²) in [6.07, 6.45) is 2.91. The molecule has 0 spiro atoms. The van der Waals surface area contributed by atoms with Crippen molar-refractivity contribution in [1.82, 2.24) is 15.0 Å². The molecule has 0 amide bonds. The molecule has 1 aliphatic rings. The topological polar surface area (TPSA) is 62.7 Å². The van der Waals surface area contributed by atoms with Crippen molar-refractivity contribution in [1.29, 1.82) is 0 Å². The lowest BCUT2D eigenvalue weighted by atomic mass is 9.96. The zero-order valence-electron chi connectivity index (χ0n) is 17.2. The van der Waals surface area contributed by atoms with Gasteiger partial charge in [-0.25, -0.2) is 4.98 Å². The first kappa shape index (κ1) is 21.1. The Morgan fingerprint density at radius 2 is 1.74 bits per heavy atom. The molecule has 162 valence electrons. The molecule has 4 rings (SSSR count). The number of rotatable bonds is 5. The van der Waals surface area contributed by atoms with E-state index in [1.54, 1.807) is 19.2 Å². The van der Waals surface area contributed by atoms with Crippen LogP contribution < -0.4 is 10.6 Å². The van der Waals surface area contributed by atoms with Crippen LogP contribution in [0.3, 0.4) is 0 Å². The standard InChI is InChI=1S/C23H24F3N5/c1-15-10-11-16(23(24,25)26)13-19(15)29-21-14-20(18-9-5-6-12-27-18)30-22(31-21)28-17-7-3-2-4-8-17/h5-6,9-14,17H,2-4,7-8H2,1H3,(H2,28,29,30,31). The van der Waals surface area contributed by atoms with Gasteiger partial charge in [-0.05, 0) is 49.6 Å². The van der Waals surface area contributed by atoms with E-state index >= 15 is 0 Å². The van der Waals surface area contributed by atoms with Crippen LogP contribution in [0.2, 0.25) is 0 Å². The van der Waals surface area contributed by atoms with Gasteiger partial charge in [-0.3, -0.25) is 4.98 Å². The number of pyridine rings is 1. The fourth-order valence-electron chi connectivity index (χ4n) is 3.72. The molecule has 1 aliphatic carbocycles. The summed E-state index contributed by atoms with van der Waals surface area (Å²) in [6.45, 7) is 1.75. The average molecular weight is 427 g/mol. The second kappa shape index (κ2) is 8.91. The molecule has 2 N–H and O–H groups in total. The molecule has 2 aromatic heterocycles. The Morgan fingerprint density at radius 1 is 0.935 bits per heavy atom. The van der Waals surface area contributed by atoms with Crippen molar-refractivity contribution in [2.45, 2.75) is 51.2 Å². The number of benzene rings is 1. The maximum Gasteiger partial charge on any atom is 0.416 e. The lowest BCUT2D eigenvalue weighted by Crippen LogP contribution is -2.23. The predicted molar refractivity (Wildman–Crippen MR) is 115 cm³/mol. The first-order chi connectivity index (χ1) is 14.9. The molecule has 0 aliphatic heterocycles. The fraction of sp³-hybridized carbons (Fsp3) is 0.348. The number of anilines is 3. The number of nitrogens with zero attached hydrogens (tertiary/aromatic N) is 3. The van der Waals surface area contributed by atoms with Crippen LogP contribution in [0, 0.1) is 6.92 Å². The maximum atomic E-state index is 13.2. The van der Waals surface area contributed by atoms with E-state index in [1.807, 2.05) is 18.2 Å². The molecule has 0 saturated heterocycles. The molecule has 0 bridgehead atoms. The van der Waals surface area contributed by atoms with Crippen LogP contribution in [0.4, 0.5) is 30.6 Å². The molecule has 1 fully saturated rings. The van der Waals surface area contributed by atoms with Gasteiger partial charge in [0.25, 0.3) is 0 Å². The zero-order chi connectivity index (χ0) is 21.8. The van der Waals surface area contributed by atoms with Crippen LogP contribution in [0.1, 0.15) is 43.2 Å². The Balaban J connectivity index is 1.68. The quantitative estimate of drug-likeness (QED) is 0.496. The minimum Gasteiger partial charge on any atom is -0.351 e. The summed E-state index contributed by atoms with van der Waals surface area (Å²) in [5, 5.41) is 6.45. The lowest BCUT2D eigenvalue weighted by molar-refractivity contribution is -0.137. The second-order valence-electron chi connectivity index (χ2n) is 7.81. The van der Waals surface area contributed by atoms with Crippen LogP contribution in [-0.2, 0) is 6.18 Å². The Bertz CT molecular complexity index is 1030. The monoisotopic (exact) mass is 427 g/mol. The van der Waals surface area contributed by atoms with E-state index in [1.165, 1.54) is 12.5 Å². The zero-order valence-corrected chi connectivity index (χ0v) is 17.2. The molecule has 1 saturated carbocycles. The van der Waals surface area contributed by atoms with Crippen LogP contribution in [0.5, 0.6) is 0 Å². The van der Waals surface area contributed by atoms with Gasteiger partial charge in [0.15, 0.2) is 0 Å². The van der Waals surface area contributed by atoms with Gasteiger partial charge in [-0.2, -0.15) is 18.2 Å². The molecule has 2 heterocycles. The third kappa shape index (κ3) is 5.31. The van der Waals surface area contributed by atoms with Gasteiger partial charge in [0, 0.05) is 24.0 Å². The smallest absolute Gasteiger partial charge is 0.351 e. The highest BCUT2D eigenvalue weighted by Crippen LogP contribution is 2.33. The molecule has 0 radical (unpaired) electrons. The summed E-state index contributed by atoms with van der Waals surface area (Å²) in [6, 6.07) is 11.1. The molecule has 31 heavy (non-hydrogen) atoms. The van der Waals surface area contributed by atoms with Crippen molar-refractivity contribution in [2.75, 3.05) is 10.6 Å². The first-order valence-electron chi connectivity index (χ1n) is 10.4. The van der Waals surface area contributed by atoms with Gasteiger partial charge in [-0.1, -0.05) is 31.4 Å². The van der Waals surface area contributed by atoms with E-state index < -0.39 is 11.7 Å². The first-order valence-corrected chi connectivity index (χ1v) is 10.4. The van der Waals surface area contributed by atoms with E-state index in [-0.39, 0.29) is 6.04 Å². The highest BCUT2D eigenvalue weighted by molar-refractivity contribution is 5.67. The number of nitrogens with one attached hydrogen (secondary N) is 2. The summed E-state index contributed by atoms with van der Waals surface area (Å²) in [5.74, 6) is 0.860. The minimum absolute atomic E-state index is 0.288. The normalized spacial score (nSPS) is 15.0. The number of aryl methyl sites for hydroxylation is 1. The third-order valence-electron chi connectivity index (χ3n) is 5.42. The molecular weight excluding hydrogens is 403 g/mol. The van der Waals surface area contributed by atoms with Gasteiger partial charge in [0.1, 0.15) is 5.82 Å². The molecule has 3 aromatic rings. The van der Waals surface area contributed by atoms with E-state index in [0.717, 1.165) is 37.8 Å². The van der Waals surface area contributed by atoms with E-state index in [2.05, 4.69) is 25.6 Å². The SMILES string of the molecule is Cc1ccc(C(F)(F)F)cc1Nc1cc(-c2ccccn2)nc(NC2CCCCC2)n1. The highest BCUT2D eigenvalue weighted by atomic mass is 19.4. The van der Waals surface area contributed by atoms with Crippen molar-refractivity contribution in [3.8, 4) is 11.4 Å². The van der Waals surface area contributed by atoms with E-state index in [0.29, 0.717) is 34.4 Å². The number of hydrogen-bond acceptors (Lipinski definition) is 5. The summed E-state index contributed by atoms with van der Waals surface area (Å²) >= 11 is 0. The van der Waals surface area contributed by atoms with E-state index in [4.69, 9.17) is 0 Å². The van der Waals surface area contributed by atoms with Crippen molar-refractivity contribution in [3.05, 3.63) is 59.8 Å². The number of hydrogen-bond donors (Lipinski definition) is 2. The van der Waals surface area contributed by atoms with Crippen molar-refractivity contribution >= 4 is 17.5 Å². The summed E-state index contributed by atoms with van der Waals surface area (Å²) < 4.78 is 39.5. The Morgan fingerprint density at radius 3 is 2.45 bits per heavy atom. The van der Waals surface area contributed by atoms with Gasteiger partial charge in [0.05, 0.1) is 17.0 Å². The summed E-state index contributed by atoms with van der Waals surface area (Å²) in [4.78, 5) is 13.5. The largest absolute Gasteiger partial charge is 0.416 e. The van der Waals surface area contributed by atoms with Crippen LogP contribution in [0.25, 0.3) is 11.4 Å². The molecule has 5 nitrogen and oxygen atoms in total. The summed E-state index contributed by atoms with van der Waals surface area (Å²) in [5.41, 5.74) is 1.60. The number of halogens is 3. The van der Waals surface area contributed by atoms with Crippen molar-refractivity contribution in [3.63, 3.8) is 0 Å². The highest BCUT2D eigenvalue weighted by Gasteiger charge is 2.30. The second-order valence-corrected chi connectivity index (χ2v) is 7.81. The Kier molecular flexibility index (Phi) is 6.06. The number of aromatic nitrogens is 3. The number of alkyl halides is 3. The Hall–Kier alpha value is -3.16. The van der Waals surface area contributed by atoms with Crippen molar-refractivity contribution in [2.24, 2.45) is 0 Å². The third-order valence-corrected chi connectivity index (χ3v) is 5.42. The van der Waals surface area contributed by atoms with E-state index in [9.17, 15) is 13.2 Å². The van der Waals surface area contributed by atoms with Gasteiger partial charge in [-0.15, -0.1) is 0 Å². The molecule has 1 aromatic carbocycles. The fourth-order valence-corrected chi connectivity index (χ4v) is 3.72. The van der Waals surface area contributed by atoms with Gasteiger partial charge in [0.2, 0.25) is 5.95 Å². The molecule has 0 unspecified atom stereocenters. The van der Waals surface area contributed by atoms with Crippen LogP contribution in [0.15, 0.2) is 48.7 Å². The average Bonchev–Trinajstić information content (AvgIpc) is 2.76. The molecule has 8 heteroatoms. The van der Waals surface area contributed by atoms with Crippen LogP contribution in [-0.4, -0.2) is 21.0 Å². The van der Waals surface area contributed by atoms with Gasteiger partial charge >= 0.3 is 6.18 Å². The van der Waals surface area contributed by atoms with Gasteiger partial charge < -0.3 is 10.6 Å². The lowest BCUT2D eigenvalue weighted by Gasteiger charge is -2.23.